The van der Waals surface area contributed by atoms with Crippen molar-refractivity contribution in [2.24, 2.45) is 5.16 Å². The Balaban J connectivity index is 2.24. The summed E-state index contributed by atoms with van der Waals surface area (Å²) in [7, 11) is 0. The Morgan fingerprint density at radius 1 is 0.737 bits per heavy atom. The Kier molecular flexibility index (Phi) is 2.99. The van der Waals surface area contributed by atoms with Crippen molar-refractivity contribution in [1.82, 2.24) is 0 Å². The van der Waals surface area contributed by atoms with Crippen LogP contribution >= 0.6 is 0 Å². The predicted molar refractivity (Wildman–Crippen MR) is 77.8 cm³/mol. The van der Waals surface area contributed by atoms with Crippen molar-refractivity contribution in [1.29, 1.82) is 0 Å². The van der Waals surface area contributed by atoms with E-state index in [2.05, 4.69) is 17.3 Å². The van der Waals surface area contributed by atoms with Crippen molar-refractivity contribution >= 4 is 16.5 Å². The van der Waals surface area contributed by atoms with Gasteiger partial charge in [-0.3, -0.25) is 0 Å². The fraction of sp³-hybridized carbons (Fsp3) is 0. The fourth-order valence-electron chi connectivity index (χ4n) is 2.30. The van der Waals surface area contributed by atoms with Crippen molar-refractivity contribution in [3.05, 3.63) is 83.9 Å². The molecule has 0 aromatic heterocycles. The largest absolute Gasteiger partial charge is 0.410 e. The molecule has 3 rings (SSSR count). The van der Waals surface area contributed by atoms with Crippen LogP contribution in [0.15, 0.2) is 78.0 Å². The van der Waals surface area contributed by atoms with Gasteiger partial charge < -0.3 is 5.21 Å². The highest BCUT2D eigenvalue weighted by Crippen LogP contribution is 2.21. The normalized spacial score (nSPS) is 11.7. The summed E-state index contributed by atoms with van der Waals surface area (Å²) in [5.74, 6) is 0. The lowest BCUT2D eigenvalue weighted by atomic mass is 9.97. The maximum Gasteiger partial charge on any atom is 0.117 e. The number of hydrogen-bond acceptors (Lipinski definition) is 2. The molecule has 2 nitrogen and oxygen atoms in total. The Morgan fingerprint density at radius 3 is 2.21 bits per heavy atom. The zero-order valence-corrected chi connectivity index (χ0v) is 10.3. The van der Waals surface area contributed by atoms with Crippen molar-refractivity contribution < 1.29 is 5.21 Å². The molecule has 0 bridgehead atoms. The summed E-state index contributed by atoms with van der Waals surface area (Å²) >= 11 is 0. The minimum atomic E-state index is 0.595. The van der Waals surface area contributed by atoms with Crippen LogP contribution in [0.1, 0.15) is 11.1 Å². The molecule has 92 valence electrons. The molecule has 19 heavy (non-hydrogen) atoms. The summed E-state index contributed by atoms with van der Waals surface area (Å²) in [4.78, 5) is 0. The SMILES string of the molecule is O/N=C(\c1ccccc1)c1cccc2ccccc12. The molecule has 0 spiro atoms. The second-order valence-electron chi connectivity index (χ2n) is 4.34. The lowest BCUT2D eigenvalue weighted by molar-refractivity contribution is 0.319. The van der Waals surface area contributed by atoms with E-state index in [1.807, 2.05) is 60.7 Å². The minimum Gasteiger partial charge on any atom is -0.410 e. The van der Waals surface area contributed by atoms with Gasteiger partial charge in [-0.1, -0.05) is 78.0 Å². The Labute approximate surface area is 111 Å². The van der Waals surface area contributed by atoms with Crippen molar-refractivity contribution in [2.75, 3.05) is 0 Å². The van der Waals surface area contributed by atoms with E-state index in [1.165, 1.54) is 0 Å². The number of rotatable bonds is 2. The minimum absolute atomic E-state index is 0.595. The average Bonchev–Trinajstić information content (AvgIpc) is 2.49. The molecule has 0 heterocycles. The first-order valence-electron chi connectivity index (χ1n) is 6.16. The third kappa shape index (κ3) is 2.08. The van der Waals surface area contributed by atoms with E-state index in [1.54, 1.807) is 0 Å². The van der Waals surface area contributed by atoms with Gasteiger partial charge in [0.2, 0.25) is 0 Å². The first-order chi connectivity index (χ1) is 9.40. The molecule has 0 atom stereocenters. The van der Waals surface area contributed by atoms with Gasteiger partial charge in [0.15, 0.2) is 0 Å². The van der Waals surface area contributed by atoms with Crippen LogP contribution in [0.4, 0.5) is 0 Å². The molecule has 0 aliphatic heterocycles. The molecular weight excluding hydrogens is 234 g/mol. The van der Waals surface area contributed by atoms with Gasteiger partial charge in [0.25, 0.3) is 0 Å². The molecule has 0 saturated heterocycles. The number of nitrogens with zero attached hydrogens (tertiary/aromatic N) is 1. The van der Waals surface area contributed by atoms with E-state index in [4.69, 9.17) is 0 Å². The van der Waals surface area contributed by atoms with Crippen molar-refractivity contribution in [3.63, 3.8) is 0 Å². The van der Waals surface area contributed by atoms with Gasteiger partial charge in [0.05, 0.1) is 0 Å². The Bertz CT molecular complexity index is 727. The number of fused-ring (bicyclic) bond motifs is 1. The van der Waals surface area contributed by atoms with Crippen LogP contribution in [-0.2, 0) is 0 Å². The first kappa shape index (κ1) is 11.5. The monoisotopic (exact) mass is 247 g/mol. The molecule has 1 N–H and O–H groups in total. The zero-order chi connectivity index (χ0) is 13.1. The Morgan fingerprint density at radius 2 is 1.42 bits per heavy atom. The maximum atomic E-state index is 9.38. The smallest absolute Gasteiger partial charge is 0.117 e. The summed E-state index contributed by atoms with van der Waals surface area (Å²) in [5.41, 5.74) is 2.44. The number of hydrogen-bond donors (Lipinski definition) is 1. The fourth-order valence-corrected chi connectivity index (χ4v) is 2.30. The molecule has 0 aliphatic carbocycles. The summed E-state index contributed by atoms with van der Waals surface area (Å²) in [6.45, 7) is 0. The van der Waals surface area contributed by atoms with E-state index >= 15 is 0 Å². The molecule has 0 radical (unpaired) electrons. The van der Waals surface area contributed by atoms with Crippen LogP contribution in [-0.4, -0.2) is 10.9 Å². The zero-order valence-electron chi connectivity index (χ0n) is 10.3. The highest BCUT2D eigenvalue weighted by Gasteiger charge is 2.10. The molecule has 0 unspecified atom stereocenters. The highest BCUT2D eigenvalue weighted by molar-refractivity contribution is 6.19. The average molecular weight is 247 g/mol. The van der Waals surface area contributed by atoms with Gasteiger partial charge in [0.1, 0.15) is 5.71 Å². The van der Waals surface area contributed by atoms with Gasteiger partial charge in [-0.15, -0.1) is 0 Å². The predicted octanol–water partition coefficient (Wildman–Crippen LogP) is 4.07. The van der Waals surface area contributed by atoms with Crippen LogP contribution in [0.3, 0.4) is 0 Å². The first-order valence-corrected chi connectivity index (χ1v) is 6.16. The summed E-state index contributed by atoms with van der Waals surface area (Å²) in [6.07, 6.45) is 0. The van der Waals surface area contributed by atoms with Crippen LogP contribution in [0.25, 0.3) is 10.8 Å². The topological polar surface area (TPSA) is 32.6 Å². The number of benzene rings is 3. The van der Waals surface area contributed by atoms with E-state index in [-0.39, 0.29) is 0 Å². The summed E-state index contributed by atoms with van der Waals surface area (Å²) in [5, 5.41) is 15.1. The highest BCUT2D eigenvalue weighted by atomic mass is 16.4. The molecule has 0 amide bonds. The van der Waals surface area contributed by atoms with E-state index in [0.717, 1.165) is 21.9 Å². The molecule has 0 saturated carbocycles. The number of oxime groups is 1. The van der Waals surface area contributed by atoms with E-state index in [9.17, 15) is 5.21 Å². The van der Waals surface area contributed by atoms with Gasteiger partial charge >= 0.3 is 0 Å². The van der Waals surface area contributed by atoms with Crippen LogP contribution in [0.2, 0.25) is 0 Å². The second-order valence-corrected chi connectivity index (χ2v) is 4.34. The molecule has 3 aromatic carbocycles. The second kappa shape index (κ2) is 4.94. The van der Waals surface area contributed by atoms with Crippen LogP contribution < -0.4 is 0 Å². The molecule has 3 aromatic rings. The third-order valence-corrected chi connectivity index (χ3v) is 3.19. The van der Waals surface area contributed by atoms with Gasteiger partial charge in [-0.25, -0.2) is 0 Å². The van der Waals surface area contributed by atoms with E-state index in [0.29, 0.717) is 5.71 Å². The lowest BCUT2D eigenvalue weighted by Gasteiger charge is -2.08. The van der Waals surface area contributed by atoms with Crippen molar-refractivity contribution in [2.45, 2.75) is 0 Å². The molecular formula is C17H13NO. The van der Waals surface area contributed by atoms with Gasteiger partial charge in [-0.05, 0) is 10.8 Å². The van der Waals surface area contributed by atoms with Crippen LogP contribution in [0.5, 0.6) is 0 Å². The third-order valence-electron chi connectivity index (χ3n) is 3.19. The molecule has 0 aliphatic rings. The summed E-state index contributed by atoms with van der Waals surface area (Å²) in [6, 6.07) is 23.8. The standard InChI is InChI=1S/C17H13NO/c19-18-17(14-8-2-1-3-9-14)16-12-6-10-13-7-4-5-11-15(13)16/h1-12,19H/b18-17+. The summed E-state index contributed by atoms with van der Waals surface area (Å²) < 4.78 is 0. The van der Waals surface area contributed by atoms with E-state index < -0.39 is 0 Å². The van der Waals surface area contributed by atoms with Gasteiger partial charge in [-0.2, -0.15) is 0 Å². The van der Waals surface area contributed by atoms with Crippen molar-refractivity contribution in [3.8, 4) is 0 Å². The van der Waals surface area contributed by atoms with Crippen LogP contribution in [0, 0.1) is 0 Å². The Hall–Kier alpha value is -2.61. The molecule has 0 fully saturated rings. The quantitative estimate of drug-likeness (QED) is 0.413. The van der Waals surface area contributed by atoms with Gasteiger partial charge in [0, 0.05) is 11.1 Å². The lowest BCUT2D eigenvalue weighted by Crippen LogP contribution is -2.03. The maximum absolute atomic E-state index is 9.38. The molecule has 2 heteroatoms.